The fraction of sp³-hybridized carbons (Fsp3) is 0.500. The quantitative estimate of drug-likeness (QED) is 0.899. The number of hydrogen-bond donors (Lipinski definition) is 1. The SMILES string of the molecule is CC(N)c1ccc(N2CCCC2)c(Cl)c1.Cl.Cl. The first-order valence-corrected chi connectivity index (χ1v) is 5.86. The summed E-state index contributed by atoms with van der Waals surface area (Å²) >= 11 is 6.26. The monoisotopic (exact) mass is 296 g/mol. The molecule has 2 N–H and O–H groups in total. The summed E-state index contributed by atoms with van der Waals surface area (Å²) in [6, 6.07) is 6.20. The van der Waals surface area contributed by atoms with Crippen LogP contribution in [0.1, 0.15) is 31.4 Å². The maximum Gasteiger partial charge on any atom is 0.0642 e. The topological polar surface area (TPSA) is 29.3 Å². The van der Waals surface area contributed by atoms with Gasteiger partial charge in [0.1, 0.15) is 0 Å². The Morgan fingerprint density at radius 3 is 2.29 bits per heavy atom. The average molecular weight is 298 g/mol. The number of hydrogen-bond acceptors (Lipinski definition) is 2. The minimum atomic E-state index is 0. The molecule has 17 heavy (non-hydrogen) atoms. The van der Waals surface area contributed by atoms with Gasteiger partial charge in [-0.1, -0.05) is 17.7 Å². The van der Waals surface area contributed by atoms with Crippen LogP contribution in [0, 0.1) is 0 Å². The highest BCUT2D eigenvalue weighted by atomic mass is 35.5. The zero-order chi connectivity index (χ0) is 10.8. The van der Waals surface area contributed by atoms with E-state index in [9.17, 15) is 0 Å². The van der Waals surface area contributed by atoms with E-state index in [0.29, 0.717) is 0 Å². The van der Waals surface area contributed by atoms with Gasteiger partial charge in [-0.25, -0.2) is 0 Å². The van der Waals surface area contributed by atoms with Crippen molar-refractivity contribution in [3.63, 3.8) is 0 Å². The second-order valence-electron chi connectivity index (χ2n) is 4.19. The Labute approximate surface area is 120 Å². The predicted octanol–water partition coefficient (Wildman–Crippen LogP) is 3.80. The molecular formula is C12H19Cl3N2. The van der Waals surface area contributed by atoms with Crippen LogP contribution in [0.3, 0.4) is 0 Å². The maximum absolute atomic E-state index is 6.26. The molecular weight excluding hydrogens is 279 g/mol. The molecule has 2 rings (SSSR count). The molecule has 0 radical (unpaired) electrons. The van der Waals surface area contributed by atoms with Crippen LogP contribution in [0.15, 0.2) is 18.2 Å². The van der Waals surface area contributed by atoms with E-state index in [1.54, 1.807) is 0 Å². The molecule has 0 aliphatic carbocycles. The molecule has 0 bridgehead atoms. The molecule has 5 heteroatoms. The van der Waals surface area contributed by atoms with Crippen molar-refractivity contribution in [2.45, 2.75) is 25.8 Å². The Hall–Kier alpha value is -0.150. The third kappa shape index (κ3) is 3.92. The molecule has 98 valence electrons. The van der Waals surface area contributed by atoms with E-state index in [4.69, 9.17) is 17.3 Å². The van der Waals surface area contributed by atoms with Gasteiger partial charge in [-0.2, -0.15) is 0 Å². The third-order valence-electron chi connectivity index (χ3n) is 2.94. The van der Waals surface area contributed by atoms with E-state index < -0.39 is 0 Å². The molecule has 0 aromatic heterocycles. The van der Waals surface area contributed by atoms with E-state index >= 15 is 0 Å². The Kier molecular flexibility index (Phi) is 7.26. The van der Waals surface area contributed by atoms with E-state index in [1.807, 2.05) is 13.0 Å². The van der Waals surface area contributed by atoms with Crippen LogP contribution in [0.4, 0.5) is 5.69 Å². The first-order valence-electron chi connectivity index (χ1n) is 5.48. The molecule has 1 saturated heterocycles. The molecule has 1 heterocycles. The van der Waals surface area contributed by atoms with Gasteiger partial charge in [-0.15, -0.1) is 24.8 Å². The molecule has 1 atom stereocenters. The number of anilines is 1. The van der Waals surface area contributed by atoms with Crippen LogP contribution in [0.25, 0.3) is 0 Å². The summed E-state index contributed by atoms with van der Waals surface area (Å²) in [7, 11) is 0. The van der Waals surface area contributed by atoms with Gasteiger partial charge in [-0.3, -0.25) is 0 Å². The maximum atomic E-state index is 6.26. The van der Waals surface area contributed by atoms with Crippen LogP contribution in [0.2, 0.25) is 5.02 Å². The molecule has 1 fully saturated rings. The second kappa shape index (κ2) is 7.32. The van der Waals surface area contributed by atoms with Crippen LogP contribution >= 0.6 is 36.4 Å². The lowest BCUT2D eigenvalue weighted by Crippen LogP contribution is -2.18. The van der Waals surface area contributed by atoms with E-state index in [0.717, 1.165) is 29.4 Å². The summed E-state index contributed by atoms with van der Waals surface area (Å²) < 4.78 is 0. The summed E-state index contributed by atoms with van der Waals surface area (Å²) in [6.45, 7) is 4.22. The lowest BCUT2D eigenvalue weighted by atomic mass is 10.1. The van der Waals surface area contributed by atoms with Crippen molar-refractivity contribution in [3.8, 4) is 0 Å². The van der Waals surface area contributed by atoms with Crippen LogP contribution in [-0.4, -0.2) is 13.1 Å². The lowest BCUT2D eigenvalue weighted by Gasteiger charge is -2.20. The molecule has 1 unspecified atom stereocenters. The minimum Gasteiger partial charge on any atom is -0.370 e. The van der Waals surface area contributed by atoms with Crippen LogP contribution in [0.5, 0.6) is 0 Å². The highest BCUT2D eigenvalue weighted by Crippen LogP contribution is 2.30. The Bertz CT molecular complexity index is 350. The molecule has 0 saturated carbocycles. The van der Waals surface area contributed by atoms with Crippen molar-refractivity contribution in [1.82, 2.24) is 0 Å². The van der Waals surface area contributed by atoms with Crippen molar-refractivity contribution in [2.75, 3.05) is 18.0 Å². The van der Waals surface area contributed by atoms with Crippen molar-refractivity contribution < 1.29 is 0 Å². The smallest absolute Gasteiger partial charge is 0.0642 e. The zero-order valence-corrected chi connectivity index (χ0v) is 12.2. The van der Waals surface area contributed by atoms with Crippen molar-refractivity contribution in [3.05, 3.63) is 28.8 Å². The van der Waals surface area contributed by atoms with Crippen molar-refractivity contribution in [1.29, 1.82) is 0 Å². The second-order valence-corrected chi connectivity index (χ2v) is 4.60. The Balaban J connectivity index is 0.00000128. The van der Waals surface area contributed by atoms with E-state index in [1.165, 1.54) is 12.8 Å². The Morgan fingerprint density at radius 1 is 1.24 bits per heavy atom. The molecule has 1 aromatic carbocycles. The summed E-state index contributed by atoms with van der Waals surface area (Å²) in [5.74, 6) is 0. The summed E-state index contributed by atoms with van der Waals surface area (Å²) in [6.07, 6.45) is 2.54. The molecule has 2 nitrogen and oxygen atoms in total. The summed E-state index contributed by atoms with van der Waals surface area (Å²) in [5.41, 5.74) is 8.07. The van der Waals surface area contributed by atoms with Crippen molar-refractivity contribution in [2.24, 2.45) is 5.73 Å². The standard InChI is InChI=1S/C12H17ClN2.2ClH/c1-9(14)10-4-5-12(11(13)8-10)15-6-2-3-7-15;;/h4-5,8-9H,2-3,6-7,14H2,1H3;2*1H. The first kappa shape index (κ1) is 16.9. The number of nitrogens with two attached hydrogens (primary N) is 1. The molecule has 1 aliphatic rings. The fourth-order valence-electron chi connectivity index (χ4n) is 2.02. The average Bonchev–Trinajstić information content (AvgIpc) is 2.70. The van der Waals surface area contributed by atoms with Gasteiger partial charge in [-0.05, 0) is 37.5 Å². The molecule has 1 aromatic rings. The van der Waals surface area contributed by atoms with Gasteiger partial charge in [0.15, 0.2) is 0 Å². The van der Waals surface area contributed by atoms with Crippen molar-refractivity contribution >= 4 is 42.1 Å². The normalized spacial score (nSPS) is 16.1. The fourth-order valence-corrected chi connectivity index (χ4v) is 2.33. The molecule has 1 aliphatic heterocycles. The molecule has 0 amide bonds. The third-order valence-corrected chi connectivity index (χ3v) is 3.25. The number of rotatable bonds is 2. The predicted molar refractivity (Wildman–Crippen MR) is 80.0 cm³/mol. The number of benzene rings is 1. The largest absolute Gasteiger partial charge is 0.370 e. The molecule has 0 spiro atoms. The van der Waals surface area contributed by atoms with Gasteiger partial charge >= 0.3 is 0 Å². The van der Waals surface area contributed by atoms with Gasteiger partial charge in [0.05, 0.1) is 10.7 Å². The summed E-state index contributed by atoms with van der Waals surface area (Å²) in [4.78, 5) is 2.34. The van der Waals surface area contributed by atoms with Crippen LogP contribution in [-0.2, 0) is 0 Å². The highest BCUT2D eigenvalue weighted by Gasteiger charge is 2.15. The number of halogens is 3. The van der Waals surface area contributed by atoms with Gasteiger partial charge in [0, 0.05) is 19.1 Å². The first-order chi connectivity index (χ1) is 7.18. The summed E-state index contributed by atoms with van der Waals surface area (Å²) in [5, 5.41) is 0.826. The Morgan fingerprint density at radius 2 is 1.82 bits per heavy atom. The lowest BCUT2D eigenvalue weighted by molar-refractivity contribution is 0.817. The van der Waals surface area contributed by atoms with Crippen LogP contribution < -0.4 is 10.6 Å². The highest BCUT2D eigenvalue weighted by molar-refractivity contribution is 6.33. The van der Waals surface area contributed by atoms with Gasteiger partial charge in [0.2, 0.25) is 0 Å². The van der Waals surface area contributed by atoms with E-state index in [-0.39, 0.29) is 30.9 Å². The van der Waals surface area contributed by atoms with Gasteiger partial charge < -0.3 is 10.6 Å². The van der Waals surface area contributed by atoms with Gasteiger partial charge in [0.25, 0.3) is 0 Å². The minimum absolute atomic E-state index is 0. The van der Waals surface area contributed by atoms with E-state index in [2.05, 4.69) is 17.0 Å². The number of nitrogens with zero attached hydrogens (tertiary/aromatic N) is 1. The zero-order valence-electron chi connectivity index (χ0n) is 9.86.